The predicted molar refractivity (Wildman–Crippen MR) is 125 cm³/mol. The molecule has 1 heterocycles. The van der Waals surface area contributed by atoms with E-state index in [2.05, 4.69) is 0 Å². The van der Waals surface area contributed by atoms with Gasteiger partial charge in [0.1, 0.15) is 5.75 Å². The van der Waals surface area contributed by atoms with Gasteiger partial charge in [-0.1, -0.05) is 44.2 Å². The molecule has 0 radical (unpaired) electrons. The zero-order valence-corrected chi connectivity index (χ0v) is 18.6. The predicted octanol–water partition coefficient (Wildman–Crippen LogP) is 5.28. The number of aromatic hydroxyl groups is 1. The Kier molecular flexibility index (Phi) is 7.31. The van der Waals surface area contributed by atoms with Crippen molar-refractivity contribution < 1.29 is 28.6 Å². The number of halogens is 2. The highest BCUT2D eigenvalue weighted by Crippen LogP contribution is 2.34. The van der Waals surface area contributed by atoms with Gasteiger partial charge in [-0.15, -0.1) is 0 Å². The van der Waals surface area contributed by atoms with Crippen LogP contribution in [0, 0.1) is 11.6 Å². The normalized spacial score (nSPS) is 10.7. The number of phenolic OH excluding ortho intramolecular Hbond substituents is 1. The number of benzene rings is 3. The Bertz CT molecular complexity index is 1350. The molecule has 0 fully saturated rings. The Morgan fingerprint density at radius 3 is 2.21 bits per heavy atom. The summed E-state index contributed by atoms with van der Waals surface area (Å²) in [4.78, 5) is 22.2. The molecule has 34 heavy (non-hydrogen) atoms. The first kappa shape index (κ1) is 24.4. The summed E-state index contributed by atoms with van der Waals surface area (Å²) in [5.41, 5.74) is 7.76. The summed E-state index contributed by atoms with van der Waals surface area (Å²) in [5.74, 6) is -3.66. The number of hydrogen-bond donors (Lipinski definition) is 3. The molecule has 0 aliphatic rings. The lowest BCUT2D eigenvalue weighted by molar-refractivity contribution is 0.0696. The SMILES string of the molecule is CC(C)c1c(C(=O)O)c2cc(O)ccc2n1Cc1ccccc1.NC(=O)c1ccc(F)c(F)c1. The van der Waals surface area contributed by atoms with Crippen LogP contribution >= 0.6 is 0 Å². The second kappa shape index (κ2) is 10.2. The van der Waals surface area contributed by atoms with E-state index in [-0.39, 0.29) is 22.8 Å². The van der Waals surface area contributed by atoms with E-state index in [1.165, 1.54) is 6.07 Å². The Balaban J connectivity index is 0.000000248. The third-order valence-electron chi connectivity index (χ3n) is 5.24. The van der Waals surface area contributed by atoms with Crippen molar-refractivity contribution in [1.82, 2.24) is 4.57 Å². The quantitative estimate of drug-likeness (QED) is 0.372. The van der Waals surface area contributed by atoms with Crippen LogP contribution in [0.1, 0.15) is 51.7 Å². The van der Waals surface area contributed by atoms with E-state index < -0.39 is 23.5 Å². The molecule has 3 aromatic carbocycles. The number of aromatic carboxylic acids is 1. The number of nitrogens with zero attached hydrogens (tertiary/aromatic N) is 1. The van der Waals surface area contributed by atoms with Gasteiger partial charge in [-0.2, -0.15) is 0 Å². The smallest absolute Gasteiger partial charge is 0.338 e. The van der Waals surface area contributed by atoms with Crippen LogP contribution in [0.15, 0.2) is 66.7 Å². The van der Waals surface area contributed by atoms with Crippen molar-refractivity contribution in [3.63, 3.8) is 0 Å². The lowest BCUT2D eigenvalue weighted by Crippen LogP contribution is -2.11. The first-order valence-electron chi connectivity index (χ1n) is 10.5. The minimum atomic E-state index is -1.07. The number of carboxylic acid groups (broad SMARTS) is 1. The highest BCUT2D eigenvalue weighted by Gasteiger charge is 2.24. The fourth-order valence-corrected chi connectivity index (χ4v) is 3.77. The maximum atomic E-state index is 12.4. The molecule has 0 saturated carbocycles. The number of carbonyl (C=O) groups is 2. The topological polar surface area (TPSA) is 106 Å². The molecule has 1 amide bonds. The molecule has 0 unspecified atom stereocenters. The zero-order valence-electron chi connectivity index (χ0n) is 18.6. The zero-order chi connectivity index (χ0) is 25.0. The molecule has 176 valence electrons. The number of rotatable bonds is 5. The summed E-state index contributed by atoms with van der Waals surface area (Å²) in [7, 11) is 0. The molecule has 0 aliphatic carbocycles. The molecule has 0 bridgehead atoms. The van der Waals surface area contributed by atoms with E-state index in [1.807, 2.05) is 48.7 Å². The highest BCUT2D eigenvalue weighted by molar-refractivity contribution is 6.05. The van der Waals surface area contributed by atoms with Crippen LogP contribution in [0.25, 0.3) is 10.9 Å². The lowest BCUT2D eigenvalue weighted by Gasteiger charge is -2.14. The Morgan fingerprint density at radius 1 is 0.971 bits per heavy atom. The number of fused-ring (bicyclic) bond motifs is 1. The van der Waals surface area contributed by atoms with E-state index in [0.717, 1.165) is 35.0 Å². The molecule has 6 nitrogen and oxygen atoms in total. The van der Waals surface area contributed by atoms with Crippen LogP contribution in [-0.4, -0.2) is 26.7 Å². The van der Waals surface area contributed by atoms with E-state index in [1.54, 1.807) is 12.1 Å². The molecule has 4 N–H and O–H groups in total. The van der Waals surface area contributed by atoms with Gasteiger partial charge < -0.3 is 20.5 Å². The van der Waals surface area contributed by atoms with Gasteiger partial charge in [0.15, 0.2) is 11.6 Å². The second-order valence-corrected chi connectivity index (χ2v) is 7.99. The molecule has 0 spiro atoms. The van der Waals surface area contributed by atoms with Crippen molar-refractivity contribution in [1.29, 1.82) is 0 Å². The highest BCUT2D eigenvalue weighted by atomic mass is 19.2. The van der Waals surface area contributed by atoms with E-state index in [0.29, 0.717) is 11.9 Å². The summed E-state index contributed by atoms with van der Waals surface area (Å²) in [6.07, 6.45) is 0. The molecule has 8 heteroatoms. The van der Waals surface area contributed by atoms with E-state index in [4.69, 9.17) is 5.73 Å². The molecular weight excluding hydrogens is 442 g/mol. The molecular formula is C26H24F2N2O4. The fraction of sp³-hybridized carbons (Fsp3) is 0.154. The van der Waals surface area contributed by atoms with Crippen molar-refractivity contribution in [3.8, 4) is 5.75 Å². The number of phenols is 1. The molecule has 0 atom stereocenters. The number of nitrogens with two attached hydrogens (primary N) is 1. The average molecular weight is 466 g/mol. The van der Waals surface area contributed by atoms with Crippen molar-refractivity contribution in [2.45, 2.75) is 26.3 Å². The first-order valence-corrected chi connectivity index (χ1v) is 10.5. The van der Waals surface area contributed by atoms with Crippen molar-refractivity contribution in [2.24, 2.45) is 5.73 Å². The van der Waals surface area contributed by atoms with Crippen molar-refractivity contribution in [3.05, 3.63) is 101 Å². The summed E-state index contributed by atoms with van der Waals surface area (Å²) in [6.45, 7) is 4.58. The lowest BCUT2D eigenvalue weighted by atomic mass is 10.0. The summed E-state index contributed by atoms with van der Waals surface area (Å²) in [6, 6.07) is 17.6. The molecule has 0 aliphatic heterocycles. The minimum absolute atomic E-state index is 0.0381. The van der Waals surface area contributed by atoms with Gasteiger partial charge in [0.2, 0.25) is 5.91 Å². The van der Waals surface area contributed by atoms with Gasteiger partial charge >= 0.3 is 5.97 Å². The Labute approximate surface area is 194 Å². The third-order valence-corrected chi connectivity index (χ3v) is 5.24. The van der Waals surface area contributed by atoms with E-state index >= 15 is 0 Å². The van der Waals surface area contributed by atoms with Crippen LogP contribution in [-0.2, 0) is 6.54 Å². The van der Waals surface area contributed by atoms with Crippen LogP contribution < -0.4 is 5.73 Å². The molecule has 0 saturated heterocycles. The number of primary amides is 1. The Morgan fingerprint density at radius 2 is 1.65 bits per heavy atom. The van der Waals surface area contributed by atoms with Gasteiger partial charge in [-0.3, -0.25) is 4.79 Å². The number of amides is 1. The average Bonchev–Trinajstić information content (AvgIpc) is 3.10. The maximum absolute atomic E-state index is 12.4. The number of carboxylic acids is 1. The largest absolute Gasteiger partial charge is 0.508 e. The third kappa shape index (κ3) is 5.23. The number of carbonyl (C=O) groups excluding carboxylic acids is 1. The fourth-order valence-electron chi connectivity index (χ4n) is 3.77. The molecule has 1 aromatic heterocycles. The Hall–Kier alpha value is -4.20. The molecule has 4 rings (SSSR count). The maximum Gasteiger partial charge on any atom is 0.338 e. The van der Waals surface area contributed by atoms with Crippen molar-refractivity contribution >= 4 is 22.8 Å². The number of aromatic nitrogens is 1. The summed E-state index contributed by atoms with van der Waals surface area (Å²) in [5, 5.41) is 20.0. The van der Waals surface area contributed by atoms with E-state index in [9.17, 15) is 28.6 Å². The van der Waals surface area contributed by atoms with Crippen LogP contribution in [0.3, 0.4) is 0 Å². The standard InChI is InChI=1S/C19H19NO3.C7H5F2NO/c1-12(2)18-17(19(22)23)15-10-14(21)8-9-16(15)20(18)11-13-6-4-3-5-7-13;8-5-2-1-4(7(10)11)3-6(5)9/h3-10,12,21H,11H2,1-2H3,(H,22,23);1-3H,(H2,10,11). The van der Waals surface area contributed by atoms with Gasteiger partial charge in [0, 0.05) is 28.7 Å². The monoisotopic (exact) mass is 466 g/mol. The molecule has 4 aromatic rings. The van der Waals surface area contributed by atoms with Crippen LogP contribution in [0.5, 0.6) is 5.75 Å². The summed E-state index contributed by atoms with van der Waals surface area (Å²) >= 11 is 0. The van der Waals surface area contributed by atoms with Gasteiger partial charge in [0.05, 0.1) is 5.56 Å². The van der Waals surface area contributed by atoms with Gasteiger partial charge in [-0.25, -0.2) is 13.6 Å². The second-order valence-electron chi connectivity index (χ2n) is 7.99. The van der Waals surface area contributed by atoms with Crippen molar-refractivity contribution in [2.75, 3.05) is 0 Å². The van der Waals surface area contributed by atoms with Gasteiger partial charge in [0.25, 0.3) is 0 Å². The van der Waals surface area contributed by atoms with Gasteiger partial charge in [-0.05, 0) is 47.9 Å². The minimum Gasteiger partial charge on any atom is -0.508 e. The first-order chi connectivity index (χ1) is 16.1. The number of hydrogen-bond acceptors (Lipinski definition) is 3. The van der Waals surface area contributed by atoms with Crippen LogP contribution in [0.4, 0.5) is 8.78 Å². The summed E-state index contributed by atoms with van der Waals surface area (Å²) < 4.78 is 26.6. The van der Waals surface area contributed by atoms with Crippen LogP contribution in [0.2, 0.25) is 0 Å².